The molecule has 150 valence electrons. The van der Waals surface area contributed by atoms with E-state index in [-0.39, 0.29) is 10.8 Å². The first kappa shape index (κ1) is 20.6. The Labute approximate surface area is 171 Å². The van der Waals surface area contributed by atoms with Crippen LogP contribution in [-0.2, 0) is 10.0 Å². The highest BCUT2D eigenvalue weighted by atomic mass is 35.5. The molecule has 0 aliphatic carbocycles. The number of carbonyl (C=O) groups excluding carboxylic acids is 1. The van der Waals surface area contributed by atoms with Crippen LogP contribution in [0.15, 0.2) is 47.4 Å². The number of amides is 1. The minimum absolute atomic E-state index is 0.0868. The van der Waals surface area contributed by atoms with Crippen molar-refractivity contribution in [3.05, 3.63) is 58.6 Å². The molecule has 1 amide bonds. The van der Waals surface area contributed by atoms with Gasteiger partial charge in [-0.05, 0) is 48.9 Å². The van der Waals surface area contributed by atoms with Gasteiger partial charge in [0.1, 0.15) is 0 Å². The molecule has 1 heterocycles. The fourth-order valence-electron chi connectivity index (χ4n) is 3.24. The summed E-state index contributed by atoms with van der Waals surface area (Å²) in [6.45, 7) is 4.69. The Balaban J connectivity index is 1.68. The number of anilines is 1. The van der Waals surface area contributed by atoms with Gasteiger partial charge in [-0.1, -0.05) is 17.7 Å². The Bertz CT molecular complexity index is 967. The average Bonchev–Trinajstić information content (AvgIpc) is 2.69. The summed E-state index contributed by atoms with van der Waals surface area (Å²) in [5.41, 5.74) is 2.74. The summed E-state index contributed by atoms with van der Waals surface area (Å²) in [7, 11) is -0.535. The molecule has 2 aromatic carbocycles. The predicted octanol–water partition coefficient (Wildman–Crippen LogP) is 2.86. The lowest BCUT2D eigenvalue weighted by atomic mass is 10.1. The van der Waals surface area contributed by atoms with Gasteiger partial charge in [-0.2, -0.15) is 0 Å². The second kappa shape index (κ2) is 8.11. The lowest BCUT2D eigenvalue weighted by Crippen LogP contribution is -2.49. The van der Waals surface area contributed by atoms with Gasteiger partial charge in [-0.3, -0.25) is 4.79 Å². The number of carbonyl (C=O) groups is 1. The second-order valence-corrected chi connectivity index (χ2v) is 9.61. The lowest BCUT2D eigenvalue weighted by Gasteiger charge is -2.37. The average molecular weight is 422 g/mol. The molecule has 0 aromatic heterocycles. The fraction of sp³-hybridized carbons (Fsp3) is 0.350. The van der Waals surface area contributed by atoms with Crippen molar-refractivity contribution in [2.45, 2.75) is 11.8 Å². The van der Waals surface area contributed by atoms with E-state index < -0.39 is 10.0 Å². The van der Waals surface area contributed by atoms with E-state index in [1.807, 2.05) is 25.1 Å². The molecule has 0 spiro atoms. The highest BCUT2D eigenvalue weighted by Gasteiger charge is 2.24. The van der Waals surface area contributed by atoms with Crippen LogP contribution in [0.2, 0.25) is 5.02 Å². The van der Waals surface area contributed by atoms with Crippen LogP contribution >= 0.6 is 11.6 Å². The van der Waals surface area contributed by atoms with E-state index in [4.69, 9.17) is 11.6 Å². The van der Waals surface area contributed by atoms with Crippen molar-refractivity contribution in [3.8, 4) is 0 Å². The summed E-state index contributed by atoms with van der Waals surface area (Å²) in [4.78, 5) is 17.0. The topological polar surface area (TPSA) is 60.9 Å². The Morgan fingerprint density at radius 1 is 1.00 bits per heavy atom. The van der Waals surface area contributed by atoms with Gasteiger partial charge < -0.3 is 9.80 Å². The SMILES string of the molecule is Cc1ccc(Cl)cc1N1CCN(C(=O)c2ccc(S(=O)(=O)N(C)C)cc2)CC1. The summed E-state index contributed by atoms with van der Waals surface area (Å²) in [5, 5.41) is 0.701. The van der Waals surface area contributed by atoms with Crippen LogP contribution in [0.25, 0.3) is 0 Å². The first-order valence-corrected chi connectivity index (χ1v) is 10.8. The maximum Gasteiger partial charge on any atom is 0.253 e. The quantitative estimate of drug-likeness (QED) is 0.761. The largest absolute Gasteiger partial charge is 0.368 e. The molecular formula is C20H24ClN3O3S. The summed E-state index contributed by atoms with van der Waals surface area (Å²) >= 11 is 6.12. The summed E-state index contributed by atoms with van der Waals surface area (Å²) < 4.78 is 25.5. The molecule has 0 unspecified atom stereocenters. The molecule has 1 aliphatic rings. The fourth-order valence-corrected chi connectivity index (χ4v) is 4.30. The molecule has 3 rings (SSSR count). The van der Waals surface area contributed by atoms with Crippen LogP contribution in [0.5, 0.6) is 0 Å². The van der Waals surface area contributed by atoms with Crippen molar-refractivity contribution in [2.75, 3.05) is 45.2 Å². The number of halogens is 1. The zero-order valence-electron chi connectivity index (χ0n) is 16.2. The zero-order valence-corrected chi connectivity index (χ0v) is 17.8. The van der Waals surface area contributed by atoms with Crippen LogP contribution in [0, 0.1) is 6.92 Å². The van der Waals surface area contributed by atoms with Gasteiger partial charge >= 0.3 is 0 Å². The smallest absolute Gasteiger partial charge is 0.253 e. The van der Waals surface area contributed by atoms with E-state index in [2.05, 4.69) is 4.90 Å². The number of hydrogen-bond acceptors (Lipinski definition) is 4. The van der Waals surface area contributed by atoms with Gasteiger partial charge in [0.2, 0.25) is 10.0 Å². The molecular weight excluding hydrogens is 398 g/mol. The molecule has 6 nitrogen and oxygen atoms in total. The van der Waals surface area contributed by atoms with Gasteiger partial charge in [-0.25, -0.2) is 12.7 Å². The summed E-state index contributed by atoms with van der Waals surface area (Å²) in [5.74, 6) is -0.0868. The third-order valence-corrected chi connectivity index (χ3v) is 7.02. The van der Waals surface area contributed by atoms with Gasteiger partial charge in [0.25, 0.3) is 5.91 Å². The molecule has 0 radical (unpaired) electrons. The maximum absolute atomic E-state index is 12.8. The van der Waals surface area contributed by atoms with Gasteiger partial charge in [0.15, 0.2) is 0 Å². The highest BCUT2D eigenvalue weighted by Crippen LogP contribution is 2.25. The van der Waals surface area contributed by atoms with Gasteiger partial charge in [-0.15, -0.1) is 0 Å². The van der Waals surface area contributed by atoms with Crippen LogP contribution in [0.3, 0.4) is 0 Å². The third-order valence-electron chi connectivity index (χ3n) is 4.96. The second-order valence-electron chi connectivity index (χ2n) is 7.02. The summed E-state index contributed by atoms with van der Waals surface area (Å²) in [6.07, 6.45) is 0. The van der Waals surface area contributed by atoms with E-state index in [1.54, 1.807) is 17.0 Å². The summed E-state index contributed by atoms with van der Waals surface area (Å²) in [6, 6.07) is 11.9. The van der Waals surface area contributed by atoms with Crippen LogP contribution in [-0.4, -0.2) is 63.8 Å². The number of rotatable bonds is 4. The van der Waals surface area contributed by atoms with Crippen molar-refractivity contribution >= 4 is 33.2 Å². The van der Waals surface area contributed by atoms with Crippen molar-refractivity contribution in [2.24, 2.45) is 0 Å². The Kier molecular flexibility index (Phi) is 5.98. The first-order chi connectivity index (χ1) is 13.2. The van der Waals surface area contributed by atoms with E-state index >= 15 is 0 Å². The molecule has 8 heteroatoms. The highest BCUT2D eigenvalue weighted by molar-refractivity contribution is 7.89. The Morgan fingerprint density at radius 3 is 2.18 bits per heavy atom. The number of nitrogens with zero attached hydrogens (tertiary/aromatic N) is 3. The van der Waals surface area contributed by atoms with Gasteiger partial charge in [0.05, 0.1) is 4.90 Å². The predicted molar refractivity (Wildman–Crippen MR) is 112 cm³/mol. The van der Waals surface area contributed by atoms with Crippen LogP contribution in [0.1, 0.15) is 15.9 Å². The van der Waals surface area contributed by atoms with Crippen molar-refractivity contribution in [1.29, 1.82) is 0 Å². The van der Waals surface area contributed by atoms with Crippen LogP contribution in [0.4, 0.5) is 5.69 Å². The van der Waals surface area contributed by atoms with E-state index in [0.717, 1.165) is 28.6 Å². The number of piperazine rings is 1. The normalized spacial score (nSPS) is 15.2. The molecule has 0 atom stereocenters. The molecule has 0 saturated carbocycles. The Morgan fingerprint density at radius 2 is 1.61 bits per heavy atom. The molecule has 2 aromatic rings. The monoisotopic (exact) mass is 421 g/mol. The van der Waals surface area contributed by atoms with Crippen molar-refractivity contribution in [1.82, 2.24) is 9.21 Å². The number of aryl methyl sites for hydroxylation is 1. The minimum Gasteiger partial charge on any atom is -0.368 e. The van der Waals surface area contributed by atoms with Crippen LogP contribution < -0.4 is 4.90 Å². The third kappa shape index (κ3) is 4.16. The molecule has 0 N–H and O–H groups in total. The van der Waals surface area contributed by atoms with E-state index in [0.29, 0.717) is 23.7 Å². The number of benzene rings is 2. The van der Waals surface area contributed by atoms with Crippen molar-refractivity contribution < 1.29 is 13.2 Å². The first-order valence-electron chi connectivity index (χ1n) is 9.03. The lowest BCUT2D eigenvalue weighted by molar-refractivity contribution is 0.0746. The standard InChI is InChI=1S/C20H24ClN3O3S/c1-15-4-7-17(21)14-19(15)23-10-12-24(13-11-23)20(25)16-5-8-18(9-6-16)28(26,27)22(2)3/h4-9,14H,10-13H2,1-3H3. The minimum atomic E-state index is -3.50. The maximum atomic E-state index is 12.8. The van der Waals surface area contributed by atoms with Crippen molar-refractivity contribution in [3.63, 3.8) is 0 Å². The number of hydrogen-bond donors (Lipinski definition) is 0. The molecule has 1 fully saturated rings. The molecule has 1 aliphatic heterocycles. The molecule has 0 bridgehead atoms. The molecule has 1 saturated heterocycles. The van der Waals surface area contributed by atoms with E-state index in [1.165, 1.54) is 26.2 Å². The van der Waals surface area contributed by atoms with Gasteiger partial charge in [0, 0.05) is 56.5 Å². The number of sulfonamides is 1. The molecule has 28 heavy (non-hydrogen) atoms. The Hall–Kier alpha value is -2.09. The zero-order chi connectivity index (χ0) is 20.5. The van der Waals surface area contributed by atoms with E-state index in [9.17, 15) is 13.2 Å².